The number of hydrazone groups is 1. The second kappa shape index (κ2) is 9.65. The first-order valence-electron chi connectivity index (χ1n) is 8.99. The fourth-order valence-corrected chi connectivity index (χ4v) is 3.21. The Bertz CT molecular complexity index is 1060. The van der Waals surface area contributed by atoms with Crippen LogP contribution in [0.2, 0.25) is 0 Å². The zero-order valence-electron chi connectivity index (χ0n) is 16.0. The van der Waals surface area contributed by atoms with Gasteiger partial charge in [-0.3, -0.25) is 4.79 Å². The number of hydrogen-bond donors (Lipinski definition) is 2. The molecule has 0 fully saturated rings. The van der Waals surface area contributed by atoms with E-state index >= 15 is 0 Å². The Balaban J connectivity index is 1.75. The summed E-state index contributed by atoms with van der Waals surface area (Å²) in [6.07, 6.45) is 1.46. The summed E-state index contributed by atoms with van der Waals surface area (Å²) in [5, 5.41) is 5.84. The molecule has 150 valence electrons. The summed E-state index contributed by atoms with van der Waals surface area (Å²) in [5.41, 5.74) is 2.97. The van der Waals surface area contributed by atoms with Gasteiger partial charge in [-0.2, -0.15) is 10.1 Å². The molecule has 29 heavy (non-hydrogen) atoms. The fraction of sp³-hybridized carbons (Fsp3) is 0.200. The number of aromatic nitrogens is 2. The number of rotatable bonds is 8. The number of ether oxygens (including phenoxy) is 2. The lowest BCUT2D eigenvalue weighted by atomic mass is 10.2. The average molecular weight is 412 g/mol. The SMILES string of the molecule is CCOc1ccc(/C=N/NC(=O)c2cc(-c3cccs3)[nH]c(=O)n2)c(OCC)c1. The van der Waals surface area contributed by atoms with Gasteiger partial charge < -0.3 is 14.5 Å². The van der Waals surface area contributed by atoms with Crippen molar-refractivity contribution < 1.29 is 14.3 Å². The van der Waals surface area contributed by atoms with E-state index in [2.05, 4.69) is 20.5 Å². The minimum Gasteiger partial charge on any atom is -0.494 e. The number of amides is 1. The Kier molecular flexibility index (Phi) is 6.75. The Morgan fingerprint density at radius 2 is 2.07 bits per heavy atom. The Hall–Kier alpha value is -3.46. The molecule has 0 radical (unpaired) electrons. The van der Waals surface area contributed by atoms with Gasteiger partial charge in [-0.15, -0.1) is 11.3 Å². The minimum atomic E-state index is -0.602. The maximum atomic E-state index is 12.4. The predicted octanol–water partition coefficient (Wildman–Crippen LogP) is 3.06. The normalized spacial score (nSPS) is 10.8. The third-order valence-corrected chi connectivity index (χ3v) is 4.63. The first-order chi connectivity index (χ1) is 14.1. The molecule has 0 bridgehead atoms. The molecule has 2 N–H and O–H groups in total. The third kappa shape index (κ3) is 5.29. The molecule has 2 heterocycles. The van der Waals surface area contributed by atoms with E-state index in [-0.39, 0.29) is 5.69 Å². The van der Waals surface area contributed by atoms with Gasteiger partial charge in [0.2, 0.25) is 0 Å². The van der Waals surface area contributed by atoms with Crippen LogP contribution in [0.3, 0.4) is 0 Å². The molecule has 1 amide bonds. The van der Waals surface area contributed by atoms with Crippen LogP contribution in [-0.4, -0.2) is 35.3 Å². The second-order valence-corrected chi connectivity index (χ2v) is 6.67. The molecule has 0 spiro atoms. The Morgan fingerprint density at radius 1 is 1.24 bits per heavy atom. The smallest absolute Gasteiger partial charge is 0.346 e. The summed E-state index contributed by atoms with van der Waals surface area (Å²) in [6, 6.07) is 10.6. The number of nitrogens with zero attached hydrogens (tertiary/aromatic N) is 2. The average Bonchev–Trinajstić information content (AvgIpc) is 3.24. The van der Waals surface area contributed by atoms with Crippen molar-refractivity contribution in [1.82, 2.24) is 15.4 Å². The number of aromatic amines is 1. The summed E-state index contributed by atoms with van der Waals surface area (Å²) in [6.45, 7) is 4.80. The van der Waals surface area contributed by atoms with Crippen molar-refractivity contribution in [2.75, 3.05) is 13.2 Å². The van der Waals surface area contributed by atoms with Crippen molar-refractivity contribution in [2.45, 2.75) is 13.8 Å². The van der Waals surface area contributed by atoms with Crippen LogP contribution < -0.4 is 20.6 Å². The molecule has 0 saturated carbocycles. The van der Waals surface area contributed by atoms with Gasteiger partial charge in [-0.05, 0) is 43.5 Å². The third-order valence-electron chi connectivity index (χ3n) is 3.73. The lowest BCUT2D eigenvalue weighted by Gasteiger charge is -2.10. The van der Waals surface area contributed by atoms with E-state index in [9.17, 15) is 9.59 Å². The van der Waals surface area contributed by atoms with E-state index in [1.165, 1.54) is 23.6 Å². The van der Waals surface area contributed by atoms with E-state index in [1.54, 1.807) is 18.2 Å². The molecular formula is C20H20N4O4S. The molecule has 0 aliphatic carbocycles. The summed E-state index contributed by atoms with van der Waals surface area (Å²) < 4.78 is 11.1. The van der Waals surface area contributed by atoms with Gasteiger partial charge in [0.15, 0.2) is 0 Å². The molecule has 0 aliphatic rings. The zero-order valence-corrected chi connectivity index (χ0v) is 16.8. The number of thiophene rings is 1. The summed E-state index contributed by atoms with van der Waals surface area (Å²) in [5.74, 6) is 0.686. The van der Waals surface area contributed by atoms with Gasteiger partial charge in [0.1, 0.15) is 17.2 Å². The number of hydrogen-bond acceptors (Lipinski definition) is 7. The number of H-pyrrole nitrogens is 1. The summed E-state index contributed by atoms with van der Waals surface area (Å²) in [4.78, 5) is 31.3. The first kappa shape index (κ1) is 20.3. The lowest BCUT2D eigenvalue weighted by Crippen LogP contribution is -2.24. The monoisotopic (exact) mass is 412 g/mol. The van der Waals surface area contributed by atoms with Crippen molar-refractivity contribution in [1.29, 1.82) is 0 Å². The van der Waals surface area contributed by atoms with Crippen molar-refractivity contribution in [2.24, 2.45) is 5.10 Å². The van der Waals surface area contributed by atoms with Crippen molar-refractivity contribution in [3.05, 3.63) is 63.5 Å². The van der Waals surface area contributed by atoms with E-state index in [0.29, 0.717) is 36.0 Å². The highest BCUT2D eigenvalue weighted by Gasteiger charge is 2.11. The molecule has 9 heteroatoms. The summed E-state index contributed by atoms with van der Waals surface area (Å²) >= 11 is 1.45. The number of benzene rings is 1. The Labute approximate surface area is 171 Å². The highest BCUT2D eigenvalue weighted by Crippen LogP contribution is 2.24. The van der Waals surface area contributed by atoms with Gasteiger partial charge in [-0.1, -0.05) is 6.07 Å². The molecule has 3 rings (SSSR count). The molecular weight excluding hydrogens is 392 g/mol. The molecule has 0 unspecified atom stereocenters. The molecule has 0 aliphatic heterocycles. The van der Waals surface area contributed by atoms with Gasteiger partial charge in [0.05, 0.1) is 30.0 Å². The van der Waals surface area contributed by atoms with Crippen LogP contribution in [0.5, 0.6) is 11.5 Å². The number of carbonyl (C=O) groups is 1. The number of carbonyl (C=O) groups excluding carboxylic acids is 1. The molecule has 3 aromatic rings. The van der Waals surface area contributed by atoms with E-state index in [1.807, 2.05) is 31.4 Å². The van der Waals surface area contributed by atoms with Crippen LogP contribution in [-0.2, 0) is 0 Å². The van der Waals surface area contributed by atoms with Crippen LogP contribution in [0.15, 0.2) is 51.7 Å². The molecule has 8 nitrogen and oxygen atoms in total. The zero-order chi connectivity index (χ0) is 20.6. The van der Waals surface area contributed by atoms with Crippen LogP contribution in [0.4, 0.5) is 0 Å². The fourth-order valence-electron chi connectivity index (χ4n) is 2.51. The van der Waals surface area contributed by atoms with Gasteiger partial charge in [0.25, 0.3) is 5.91 Å². The highest BCUT2D eigenvalue weighted by atomic mass is 32.1. The van der Waals surface area contributed by atoms with Gasteiger partial charge >= 0.3 is 5.69 Å². The summed E-state index contributed by atoms with van der Waals surface area (Å²) in [7, 11) is 0. The van der Waals surface area contributed by atoms with Crippen molar-refractivity contribution in [3.8, 4) is 22.1 Å². The quantitative estimate of drug-likeness (QED) is 0.437. The maximum absolute atomic E-state index is 12.4. The lowest BCUT2D eigenvalue weighted by molar-refractivity contribution is 0.0949. The minimum absolute atomic E-state index is 0.0222. The van der Waals surface area contributed by atoms with Crippen LogP contribution in [0.1, 0.15) is 29.9 Å². The van der Waals surface area contributed by atoms with E-state index in [4.69, 9.17) is 9.47 Å². The van der Waals surface area contributed by atoms with Gasteiger partial charge in [0, 0.05) is 11.6 Å². The van der Waals surface area contributed by atoms with Crippen LogP contribution in [0.25, 0.3) is 10.6 Å². The topological polar surface area (TPSA) is 106 Å². The molecule has 1 aromatic carbocycles. The Morgan fingerprint density at radius 3 is 2.79 bits per heavy atom. The van der Waals surface area contributed by atoms with E-state index < -0.39 is 11.6 Å². The molecule has 0 saturated heterocycles. The van der Waals surface area contributed by atoms with Crippen LogP contribution in [0, 0.1) is 0 Å². The number of nitrogens with one attached hydrogen (secondary N) is 2. The molecule has 0 atom stereocenters. The molecule has 2 aromatic heterocycles. The maximum Gasteiger partial charge on any atom is 0.346 e. The predicted molar refractivity (Wildman–Crippen MR) is 112 cm³/mol. The second-order valence-electron chi connectivity index (χ2n) is 5.73. The van der Waals surface area contributed by atoms with Crippen LogP contribution >= 0.6 is 11.3 Å². The van der Waals surface area contributed by atoms with Crippen molar-refractivity contribution in [3.63, 3.8) is 0 Å². The first-order valence-corrected chi connectivity index (χ1v) is 9.87. The highest BCUT2D eigenvalue weighted by molar-refractivity contribution is 7.13. The van der Waals surface area contributed by atoms with Crippen molar-refractivity contribution >= 4 is 23.5 Å². The standard InChI is InChI=1S/C20H20N4O4S/c1-3-27-14-8-7-13(17(10-14)28-4-2)12-21-24-19(25)16-11-15(22-20(26)23-16)18-6-5-9-29-18/h5-12H,3-4H2,1-2H3,(H,24,25)(H,22,23,26)/b21-12+. The largest absolute Gasteiger partial charge is 0.494 e. The van der Waals surface area contributed by atoms with E-state index in [0.717, 1.165) is 4.88 Å². The van der Waals surface area contributed by atoms with Gasteiger partial charge in [-0.25, -0.2) is 10.2 Å².